The van der Waals surface area contributed by atoms with Crippen molar-refractivity contribution >= 4 is 46.3 Å². The third-order valence-corrected chi connectivity index (χ3v) is 7.19. The van der Waals surface area contributed by atoms with Crippen LogP contribution in [0.2, 0.25) is 10.0 Å². The van der Waals surface area contributed by atoms with Crippen molar-refractivity contribution in [1.29, 1.82) is 0 Å². The zero-order chi connectivity index (χ0) is 25.1. The highest BCUT2D eigenvalue weighted by Crippen LogP contribution is 2.33. The summed E-state index contributed by atoms with van der Waals surface area (Å²) in [6.45, 7) is 7.43. The Kier molecular flexibility index (Phi) is 7.58. The molecule has 2 aromatic heterocycles. The molecule has 0 saturated carbocycles. The van der Waals surface area contributed by atoms with Crippen LogP contribution in [0.5, 0.6) is 5.75 Å². The largest absolute Gasteiger partial charge is 0.486 e. The molecule has 4 aromatic rings. The molecule has 0 bridgehead atoms. The van der Waals surface area contributed by atoms with Crippen LogP contribution >= 0.6 is 23.2 Å². The number of pyridine rings is 1. The monoisotopic (exact) mass is 521 g/mol. The molecule has 1 aliphatic heterocycles. The topological polar surface area (TPSA) is 57.3 Å². The standard InChI is InChI=1S/C28H29Cl2N5O/c1-19(28-24(29)16-31-17-25(28)30)36-22-8-10-27-23(15-22)26(32-33-27)9-7-20-3-5-21(6-4-20)18-35-13-11-34(2)12-14-35/h3-10,15-17,19H,11-14,18H2,1-2H3,(H,32,33)/b9-7+. The molecule has 2 aromatic carbocycles. The minimum atomic E-state index is -0.333. The molecule has 0 aliphatic carbocycles. The van der Waals surface area contributed by atoms with E-state index in [-0.39, 0.29) is 6.10 Å². The van der Waals surface area contributed by atoms with Crippen LogP contribution < -0.4 is 4.74 Å². The Hall–Kier alpha value is -2.90. The Morgan fingerprint density at radius 2 is 1.72 bits per heavy atom. The van der Waals surface area contributed by atoms with Crippen molar-refractivity contribution in [2.75, 3.05) is 33.2 Å². The molecule has 5 rings (SSSR count). The van der Waals surface area contributed by atoms with Gasteiger partial charge in [0.2, 0.25) is 0 Å². The first-order chi connectivity index (χ1) is 17.5. The lowest BCUT2D eigenvalue weighted by molar-refractivity contribution is 0.148. The van der Waals surface area contributed by atoms with E-state index in [9.17, 15) is 0 Å². The molecule has 186 valence electrons. The van der Waals surface area contributed by atoms with Gasteiger partial charge >= 0.3 is 0 Å². The fraction of sp³-hybridized carbons (Fsp3) is 0.286. The van der Waals surface area contributed by atoms with Gasteiger partial charge in [-0.1, -0.05) is 53.5 Å². The first-order valence-electron chi connectivity index (χ1n) is 12.1. The van der Waals surface area contributed by atoms with E-state index >= 15 is 0 Å². The number of hydrogen-bond acceptors (Lipinski definition) is 5. The van der Waals surface area contributed by atoms with Gasteiger partial charge in [0.1, 0.15) is 11.9 Å². The molecule has 6 nitrogen and oxygen atoms in total. The van der Waals surface area contributed by atoms with Crippen LogP contribution in [-0.2, 0) is 6.54 Å². The Balaban J connectivity index is 1.28. The van der Waals surface area contributed by atoms with Gasteiger partial charge in [0, 0.05) is 56.1 Å². The molecule has 0 radical (unpaired) electrons. The number of aromatic nitrogens is 3. The quantitative estimate of drug-likeness (QED) is 0.308. The fourth-order valence-corrected chi connectivity index (χ4v) is 5.13. The van der Waals surface area contributed by atoms with E-state index in [1.54, 1.807) is 12.4 Å². The third-order valence-electron chi connectivity index (χ3n) is 6.59. The number of hydrogen-bond donors (Lipinski definition) is 1. The first kappa shape index (κ1) is 24.8. The molecule has 1 fully saturated rings. The predicted molar refractivity (Wildman–Crippen MR) is 148 cm³/mol. The van der Waals surface area contributed by atoms with E-state index in [0.717, 1.165) is 60.4 Å². The smallest absolute Gasteiger partial charge is 0.124 e. The lowest BCUT2D eigenvalue weighted by Gasteiger charge is -2.32. The van der Waals surface area contributed by atoms with Gasteiger partial charge in [-0.25, -0.2) is 0 Å². The molecule has 1 atom stereocenters. The second kappa shape index (κ2) is 11.0. The fourth-order valence-electron chi connectivity index (χ4n) is 4.46. The van der Waals surface area contributed by atoms with E-state index in [0.29, 0.717) is 15.8 Å². The first-order valence-corrected chi connectivity index (χ1v) is 12.8. The summed E-state index contributed by atoms with van der Waals surface area (Å²) in [7, 11) is 2.18. The maximum absolute atomic E-state index is 6.30. The molecule has 1 unspecified atom stereocenters. The molecule has 1 N–H and O–H groups in total. The maximum Gasteiger partial charge on any atom is 0.124 e. The van der Waals surface area contributed by atoms with Crippen molar-refractivity contribution in [3.8, 4) is 5.75 Å². The molecular weight excluding hydrogens is 493 g/mol. The van der Waals surface area contributed by atoms with Crippen molar-refractivity contribution < 1.29 is 4.74 Å². The number of nitrogens with zero attached hydrogens (tertiary/aromatic N) is 4. The van der Waals surface area contributed by atoms with Gasteiger partial charge in [0.15, 0.2) is 0 Å². The average molecular weight is 522 g/mol. The number of benzene rings is 2. The molecule has 1 aliphatic rings. The zero-order valence-electron chi connectivity index (χ0n) is 20.4. The highest BCUT2D eigenvalue weighted by atomic mass is 35.5. The number of ether oxygens (including phenoxy) is 1. The molecule has 3 heterocycles. The molecule has 36 heavy (non-hydrogen) atoms. The summed E-state index contributed by atoms with van der Waals surface area (Å²) in [6.07, 6.45) is 6.92. The van der Waals surface area contributed by atoms with Crippen LogP contribution in [-0.4, -0.2) is 58.2 Å². The van der Waals surface area contributed by atoms with Gasteiger partial charge < -0.3 is 9.64 Å². The second-order valence-electron chi connectivity index (χ2n) is 9.25. The number of aromatic amines is 1. The van der Waals surface area contributed by atoms with E-state index < -0.39 is 0 Å². The van der Waals surface area contributed by atoms with Crippen molar-refractivity contribution in [3.05, 3.63) is 87.3 Å². The lowest BCUT2D eigenvalue weighted by atomic mass is 10.1. The summed E-state index contributed by atoms with van der Waals surface area (Å²) >= 11 is 12.6. The minimum absolute atomic E-state index is 0.333. The number of likely N-dealkylation sites (N-methyl/N-ethyl adjacent to an activating group) is 1. The van der Waals surface area contributed by atoms with Crippen molar-refractivity contribution in [2.24, 2.45) is 0 Å². The van der Waals surface area contributed by atoms with Gasteiger partial charge in [0.05, 0.1) is 21.3 Å². The van der Waals surface area contributed by atoms with Crippen LogP contribution in [0.3, 0.4) is 0 Å². The maximum atomic E-state index is 6.30. The summed E-state index contributed by atoms with van der Waals surface area (Å²) in [5.74, 6) is 0.711. The molecule has 0 amide bonds. The number of H-pyrrole nitrogens is 1. The number of halogens is 2. The molecule has 0 spiro atoms. The predicted octanol–water partition coefficient (Wildman–Crippen LogP) is 6.32. The highest BCUT2D eigenvalue weighted by molar-refractivity contribution is 6.35. The van der Waals surface area contributed by atoms with E-state index in [4.69, 9.17) is 27.9 Å². The van der Waals surface area contributed by atoms with E-state index in [1.807, 2.05) is 31.2 Å². The lowest BCUT2D eigenvalue weighted by Crippen LogP contribution is -2.43. The number of fused-ring (bicyclic) bond motifs is 1. The van der Waals surface area contributed by atoms with Crippen LogP contribution in [0.25, 0.3) is 23.1 Å². The van der Waals surface area contributed by atoms with Crippen molar-refractivity contribution in [1.82, 2.24) is 25.0 Å². The summed E-state index contributed by atoms with van der Waals surface area (Å²) < 4.78 is 6.17. The van der Waals surface area contributed by atoms with Crippen molar-refractivity contribution in [3.63, 3.8) is 0 Å². The number of rotatable bonds is 7. The van der Waals surface area contributed by atoms with Gasteiger partial charge in [0.25, 0.3) is 0 Å². The van der Waals surface area contributed by atoms with Gasteiger partial charge in [-0.2, -0.15) is 5.10 Å². The molecule has 8 heteroatoms. The Labute approximate surface area is 221 Å². The molecular formula is C28H29Cl2N5O. The Morgan fingerprint density at radius 3 is 2.44 bits per heavy atom. The van der Waals surface area contributed by atoms with Crippen LogP contribution in [0, 0.1) is 0 Å². The summed E-state index contributed by atoms with van der Waals surface area (Å²) in [5.41, 5.74) is 4.99. The SMILES string of the molecule is CC(Oc1ccc2[nH]nc(/C=C/c3ccc(CN4CCN(C)CC4)cc3)c2c1)c1c(Cl)cncc1Cl. The normalized spacial score (nSPS) is 16.1. The zero-order valence-corrected chi connectivity index (χ0v) is 21.9. The Bertz CT molecular complexity index is 1340. The van der Waals surface area contributed by atoms with Crippen LogP contribution in [0.1, 0.15) is 35.4 Å². The average Bonchev–Trinajstić information content (AvgIpc) is 3.27. The minimum Gasteiger partial charge on any atom is -0.486 e. The molecule has 1 saturated heterocycles. The van der Waals surface area contributed by atoms with Gasteiger partial charge in [-0.05, 0) is 49.4 Å². The van der Waals surface area contributed by atoms with Crippen LogP contribution in [0.15, 0.2) is 54.9 Å². The highest BCUT2D eigenvalue weighted by Gasteiger charge is 2.17. The summed E-state index contributed by atoms with van der Waals surface area (Å²) in [4.78, 5) is 8.91. The van der Waals surface area contributed by atoms with E-state index in [2.05, 4.69) is 62.4 Å². The number of nitrogens with one attached hydrogen (secondary N) is 1. The van der Waals surface area contributed by atoms with E-state index in [1.165, 1.54) is 5.56 Å². The van der Waals surface area contributed by atoms with Gasteiger partial charge in [-0.15, -0.1) is 0 Å². The summed E-state index contributed by atoms with van der Waals surface area (Å²) in [6, 6.07) is 14.6. The van der Waals surface area contributed by atoms with Crippen LogP contribution in [0.4, 0.5) is 0 Å². The van der Waals surface area contributed by atoms with Gasteiger partial charge in [-0.3, -0.25) is 15.0 Å². The second-order valence-corrected chi connectivity index (χ2v) is 10.1. The number of piperazine rings is 1. The van der Waals surface area contributed by atoms with Crippen molar-refractivity contribution in [2.45, 2.75) is 19.6 Å². The third kappa shape index (κ3) is 5.73. The Morgan fingerprint density at radius 1 is 1.00 bits per heavy atom. The summed E-state index contributed by atoms with van der Waals surface area (Å²) in [5, 5.41) is 9.53.